The van der Waals surface area contributed by atoms with E-state index in [9.17, 15) is 26.4 Å². The van der Waals surface area contributed by atoms with Gasteiger partial charge < -0.3 is 9.67 Å². The van der Waals surface area contributed by atoms with Crippen LogP contribution in [0, 0.1) is 0 Å². The van der Waals surface area contributed by atoms with Gasteiger partial charge in [-0.15, -0.1) is 0 Å². The third kappa shape index (κ3) is 3.97. The summed E-state index contributed by atoms with van der Waals surface area (Å²) in [5.41, 5.74) is -0.186. The largest absolute Gasteiger partial charge is 0.477 e. The van der Waals surface area contributed by atoms with Crippen molar-refractivity contribution in [3.8, 4) is 0 Å². The molecule has 0 spiro atoms. The zero-order valence-electron chi connectivity index (χ0n) is 10.7. The predicted molar refractivity (Wildman–Crippen MR) is 65.5 cm³/mol. The summed E-state index contributed by atoms with van der Waals surface area (Å²) in [6.07, 6.45) is -3.11. The number of hydrogen-bond acceptors (Lipinski definition) is 3. The number of carboxylic acids is 1. The van der Waals surface area contributed by atoms with E-state index >= 15 is 0 Å². The van der Waals surface area contributed by atoms with Crippen molar-refractivity contribution in [2.24, 2.45) is 0 Å². The Morgan fingerprint density at radius 3 is 2.52 bits per heavy atom. The molecular weight excluding hydrogens is 313 g/mol. The van der Waals surface area contributed by atoms with E-state index in [2.05, 4.69) is 0 Å². The van der Waals surface area contributed by atoms with Crippen molar-refractivity contribution < 1.29 is 31.5 Å². The smallest absolute Gasteiger partial charge is 0.390 e. The number of carbonyl (C=O) groups is 1. The van der Waals surface area contributed by atoms with E-state index in [1.807, 2.05) is 4.72 Å². The van der Waals surface area contributed by atoms with Crippen molar-refractivity contribution in [2.45, 2.75) is 36.4 Å². The number of hydrogen-bond donors (Lipinski definition) is 2. The summed E-state index contributed by atoms with van der Waals surface area (Å²) in [6, 6.07) is 0.895. The molecule has 10 heteroatoms. The molecule has 118 valence electrons. The van der Waals surface area contributed by atoms with Gasteiger partial charge in [-0.2, -0.15) is 13.2 Å². The Kier molecular flexibility index (Phi) is 4.02. The molecule has 0 aliphatic heterocycles. The molecular formula is C11H13F3N2O4S. The van der Waals surface area contributed by atoms with Crippen LogP contribution in [0.3, 0.4) is 0 Å². The SMILES string of the molecule is O=C(O)c1cc(S(=O)(=O)NCCC(F)(F)F)cn1C1CC1. The van der Waals surface area contributed by atoms with E-state index < -0.39 is 35.1 Å². The molecule has 0 amide bonds. The second kappa shape index (κ2) is 5.34. The summed E-state index contributed by atoms with van der Waals surface area (Å²) < 4.78 is 62.9. The Labute approximate surface area is 118 Å². The van der Waals surface area contributed by atoms with Gasteiger partial charge in [-0.25, -0.2) is 17.9 Å². The number of carboxylic acid groups (broad SMARTS) is 1. The summed E-state index contributed by atoms with van der Waals surface area (Å²) in [7, 11) is -4.16. The number of aromatic carboxylic acids is 1. The van der Waals surface area contributed by atoms with Crippen molar-refractivity contribution in [3.63, 3.8) is 0 Å². The van der Waals surface area contributed by atoms with Gasteiger partial charge in [-0.3, -0.25) is 0 Å². The summed E-state index contributed by atoms with van der Waals surface area (Å²) in [6.45, 7) is -0.789. The molecule has 2 rings (SSSR count). The molecule has 0 unspecified atom stereocenters. The zero-order valence-corrected chi connectivity index (χ0v) is 11.5. The van der Waals surface area contributed by atoms with E-state index in [-0.39, 0.29) is 16.6 Å². The first-order chi connectivity index (χ1) is 9.60. The summed E-state index contributed by atoms with van der Waals surface area (Å²) in [5.74, 6) is -1.28. The molecule has 21 heavy (non-hydrogen) atoms. The molecule has 1 heterocycles. The Hall–Kier alpha value is -1.55. The molecule has 0 saturated heterocycles. The van der Waals surface area contributed by atoms with Crippen LogP contribution in [0.4, 0.5) is 13.2 Å². The van der Waals surface area contributed by atoms with E-state index in [0.717, 1.165) is 25.1 Å². The average molecular weight is 326 g/mol. The van der Waals surface area contributed by atoms with E-state index in [1.165, 1.54) is 4.57 Å². The number of alkyl halides is 3. The van der Waals surface area contributed by atoms with Gasteiger partial charge in [-0.1, -0.05) is 0 Å². The molecule has 1 aliphatic rings. The zero-order chi connectivity index (χ0) is 15.8. The lowest BCUT2D eigenvalue weighted by molar-refractivity contribution is -0.132. The number of halogens is 3. The van der Waals surface area contributed by atoms with Crippen LogP contribution in [-0.4, -0.2) is 36.8 Å². The van der Waals surface area contributed by atoms with Crippen LogP contribution < -0.4 is 4.72 Å². The van der Waals surface area contributed by atoms with Crippen LogP contribution >= 0.6 is 0 Å². The maximum atomic E-state index is 12.0. The molecule has 1 saturated carbocycles. The summed E-state index contributed by atoms with van der Waals surface area (Å²) >= 11 is 0. The highest BCUT2D eigenvalue weighted by atomic mass is 32.2. The van der Waals surface area contributed by atoms with Crippen LogP contribution in [0.1, 0.15) is 35.8 Å². The van der Waals surface area contributed by atoms with Crippen LogP contribution in [-0.2, 0) is 10.0 Å². The van der Waals surface area contributed by atoms with Gasteiger partial charge in [0.2, 0.25) is 10.0 Å². The number of aromatic nitrogens is 1. The quantitative estimate of drug-likeness (QED) is 0.833. The summed E-state index contributed by atoms with van der Waals surface area (Å²) in [5, 5.41) is 9.02. The monoisotopic (exact) mass is 326 g/mol. The van der Waals surface area contributed by atoms with Crippen molar-refractivity contribution in [1.82, 2.24) is 9.29 Å². The second-order valence-electron chi connectivity index (χ2n) is 4.77. The molecule has 0 aromatic carbocycles. The topological polar surface area (TPSA) is 88.4 Å². The van der Waals surface area contributed by atoms with Crippen molar-refractivity contribution >= 4 is 16.0 Å². The molecule has 1 aliphatic carbocycles. The Bertz CT molecular complexity index is 647. The number of rotatable bonds is 6. The average Bonchev–Trinajstić information content (AvgIpc) is 3.05. The van der Waals surface area contributed by atoms with Gasteiger partial charge in [0.1, 0.15) is 10.6 Å². The van der Waals surface area contributed by atoms with Crippen molar-refractivity contribution in [1.29, 1.82) is 0 Å². The third-order valence-corrected chi connectivity index (χ3v) is 4.42. The van der Waals surface area contributed by atoms with Gasteiger partial charge in [0.25, 0.3) is 0 Å². The Balaban J connectivity index is 2.16. The van der Waals surface area contributed by atoms with Gasteiger partial charge in [0.15, 0.2) is 0 Å². The third-order valence-electron chi connectivity index (χ3n) is 2.99. The maximum Gasteiger partial charge on any atom is 0.390 e. The molecule has 6 nitrogen and oxygen atoms in total. The fourth-order valence-electron chi connectivity index (χ4n) is 1.84. The highest BCUT2D eigenvalue weighted by Gasteiger charge is 2.31. The molecule has 0 radical (unpaired) electrons. The maximum absolute atomic E-state index is 12.0. The van der Waals surface area contributed by atoms with Crippen molar-refractivity contribution in [3.05, 3.63) is 18.0 Å². The van der Waals surface area contributed by atoms with Crippen LogP contribution in [0.25, 0.3) is 0 Å². The Morgan fingerprint density at radius 2 is 2.05 bits per heavy atom. The number of nitrogens with one attached hydrogen (secondary N) is 1. The molecule has 2 N–H and O–H groups in total. The van der Waals surface area contributed by atoms with Gasteiger partial charge in [0, 0.05) is 18.8 Å². The second-order valence-corrected chi connectivity index (χ2v) is 6.53. The molecule has 0 bridgehead atoms. The Morgan fingerprint density at radius 1 is 1.43 bits per heavy atom. The highest BCUT2D eigenvalue weighted by molar-refractivity contribution is 7.89. The minimum Gasteiger partial charge on any atom is -0.477 e. The highest BCUT2D eigenvalue weighted by Crippen LogP contribution is 2.37. The first kappa shape index (κ1) is 15.8. The minimum absolute atomic E-state index is 0.0600. The molecule has 1 aromatic heterocycles. The fraction of sp³-hybridized carbons (Fsp3) is 0.545. The lowest BCUT2D eigenvalue weighted by Crippen LogP contribution is -2.27. The number of nitrogens with zero attached hydrogens (tertiary/aromatic N) is 1. The first-order valence-corrected chi connectivity index (χ1v) is 7.60. The van der Waals surface area contributed by atoms with E-state index in [1.54, 1.807) is 0 Å². The van der Waals surface area contributed by atoms with Gasteiger partial charge >= 0.3 is 12.1 Å². The van der Waals surface area contributed by atoms with Gasteiger partial charge in [0.05, 0.1) is 6.42 Å². The van der Waals surface area contributed by atoms with Crippen molar-refractivity contribution in [2.75, 3.05) is 6.54 Å². The van der Waals surface area contributed by atoms with E-state index in [4.69, 9.17) is 5.11 Å². The summed E-state index contributed by atoms with van der Waals surface area (Å²) in [4.78, 5) is 10.7. The predicted octanol–water partition coefficient (Wildman–Crippen LogP) is 1.75. The van der Waals surface area contributed by atoms with Crippen LogP contribution in [0.15, 0.2) is 17.2 Å². The fourth-order valence-corrected chi connectivity index (χ4v) is 2.89. The molecule has 1 fully saturated rings. The van der Waals surface area contributed by atoms with Crippen LogP contribution in [0.5, 0.6) is 0 Å². The lowest BCUT2D eigenvalue weighted by atomic mass is 10.4. The first-order valence-electron chi connectivity index (χ1n) is 6.12. The van der Waals surface area contributed by atoms with Gasteiger partial charge in [-0.05, 0) is 18.9 Å². The number of sulfonamides is 1. The van der Waals surface area contributed by atoms with Crippen LogP contribution in [0.2, 0.25) is 0 Å². The molecule has 0 atom stereocenters. The lowest BCUT2D eigenvalue weighted by Gasteiger charge is -2.07. The standard InChI is InChI=1S/C11H13F3N2O4S/c12-11(13,14)3-4-15-21(19,20)8-5-9(10(17)18)16(6-8)7-1-2-7/h5-7,15H,1-4H2,(H,17,18). The minimum atomic E-state index is -4.46. The van der Waals surface area contributed by atoms with E-state index in [0.29, 0.717) is 0 Å². The molecule has 1 aromatic rings. The normalized spacial score (nSPS) is 16.1.